The molecule has 3 heteroatoms. The monoisotopic (exact) mass is 250 g/mol. The Bertz CT molecular complexity index is 93.6. The van der Waals surface area contributed by atoms with Gasteiger partial charge >= 0.3 is 72.4 Å². The van der Waals surface area contributed by atoms with E-state index in [1.54, 1.807) is 0 Å². The summed E-state index contributed by atoms with van der Waals surface area (Å²) in [5.74, 6) is 0. The summed E-state index contributed by atoms with van der Waals surface area (Å²) in [5, 5.41) is 0. The van der Waals surface area contributed by atoms with Gasteiger partial charge in [-0.25, -0.2) is 0 Å². The summed E-state index contributed by atoms with van der Waals surface area (Å²) in [5.41, 5.74) is 0. The van der Waals surface area contributed by atoms with Crippen LogP contribution in [0.2, 0.25) is 4.44 Å². The Kier molecular flexibility index (Phi) is 7.57. The third kappa shape index (κ3) is 6.39. The van der Waals surface area contributed by atoms with E-state index in [1.807, 2.05) is 6.92 Å². The maximum absolute atomic E-state index is 10.8. The normalized spacial score (nSPS) is 9.40. The Hall–Kier alpha value is 0.269. The van der Waals surface area contributed by atoms with Gasteiger partial charge in [-0.1, -0.05) is 0 Å². The van der Waals surface area contributed by atoms with Gasteiger partial charge in [-0.2, -0.15) is 0 Å². The molecule has 0 fully saturated rings. The van der Waals surface area contributed by atoms with Crippen LogP contribution >= 0.6 is 0 Å². The third-order valence-electron chi connectivity index (χ3n) is 1.08. The van der Waals surface area contributed by atoms with Crippen LogP contribution in [0.25, 0.3) is 0 Å². The van der Waals surface area contributed by atoms with Crippen molar-refractivity contribution in [3.8, 4) is 0 Å². The van der Waals surface area contributed by atoms with E-state index in [9.17, 15) is 4.79 Å². The van der Waals surface area contributed by atoms with Gasteiger partial charge in [0.25, 0.3) is 0 Å². The molecule has 0 N–H and O–H groups in total. The van der Waals surface area contributed by atoms with E-state index in [4.69, 9.17) is 4.74 Å². The van der Waals surface area contributed by atoms with Crippen molar-refractivity contribution in [3.05, 3.63) is 0 Å². The zero-order chi connectivity index (χ0) is 7.82. The van der Waals surface area contributed by atoms with Crippen molar-refractivity contribution in [2.45, 2.75) is 31.1 Å². The van der Waals surface area contributed by atoms with Gasteiger partial charge in [0.2, 0.25) is 0 Å². The van der Waals surface area contributed by atoms with Crippen LogP contribution in [0.3, 0.4) is 0 Å². The molecule has 58 valence electrons. The number of hydrogen-bond donors (Lipinski definition) is 0. The van der Waals surface area contributed by atoms with E-state index < -0.39 is 21.1 Å². The topological polar surface area (TPSA) is 26.3 Å². The molecule has 0 aliphatic rings. The summed E-state index contributed by atoms with van der Waals surface area (Å²) >= 11 is -0.801. The van der Waals surface area contributed by atoms with Crippen molar-refractivity contribution in [2.75, 3.05) is 6.61 Å². The van der Waals surface area contributed by atoms with Gasteiger partial charge in [-0.3, -0.25) is 0 Å². The van der Waals surface area contributed by atoms with Crippen molar-refractivity contribution in [3.63, 3.8) is 0 Å². The van der Waals surface area contributed by atoms with Crippen molar-refractivity contribution in [1.82, 2.24) is 0 Å². The van der Waals surface area contributed by atoms with Crippen LogP contribution in [-0.2, 0) is 4.74 Å². The number of ether oxygens (including phenoxy) is 1. The predicted octanol–water partition coefficient (Wildman–Crippen LogP) is 2.07. The Morgan fingerprint density at radius 1 is 1.50 bits per heavy atom. The molecule has 10 heavy (non-hydrogen) atoms. The van der Waals surface area contributed by atoms with Crippen molar-refractivity contribution < 1.29 is 9.53 Å². The molecule has 0 rings (SSSR count). The fourth-order valence-electron chi connectivity index (χ4n) is 0.549. The first kappa shape index (κ1) is 10.3. The Morgan fingerprint density at radius 3 is 2.70 bits per heavy atom. The number of rotatable bonds is 5. The molecule has 0 aromatic heterocycles. The first-order chi connectivity index (χ1) is 4.81. The second kappa shape index (κ2) is 7.38. The van der Waals surface area contributed by atoms with Crippen LogP contribution in [0.1, 0.15) is 26.7 Å². The average Bonchev–Trinajstić information content (AvgIpc) is 1.89. The molecule has 0 atom stereocenters. The quantitative estimate of drug-likeness (QED) is 0.550. The zero-order valence-corrected chi connectivity index (χ0v) is 9.50. The Labute approximate surface area is 72.5 Å². The molecule has 0 unspecified atom stereocenters. The molecule has 0 aliphatic heterocycles. The van der Waals surface area contributed by atoms with Crippen LogP contribution in [-0.4, -0.2) is 31.7 Å². The second-order valence-electron chi connectivity index (χ2n) is 2.00. The minimum atomic E-state index is -0.801. The first-order valence-electron chi connectivity index (χ1n) is 3.71. The molecule has 0 saturated heterocycles. The van der Waals surface area contributed by atoms with Crippen molar-refractivity contribution in [1.29, 1.82) is 0 Å². The molecule has 0 aromatic rings. The average molecular weight is 249 g/mol. The summed E-state index contributed by atoms with van der Waals surface area (Å²) in [6, 6.07) is 0. The minimum absolute atomic E-state index is 0.111. The number of hydrogen-bond acceptors (Lipinski definition) is 2. The first-order valence-corrected chi connectivity index (χ1v) is 7.16. The number of unbranched alkanes of at least 4 members (excludes halogenated alkanes) is 1. The van der Waals surface area contributed by atoms with E-state index >= 15 is 0 Å². The van der Waals surface area contributed by atoms with E-state index in [-0.39, 0.29) is 3.99 Å². The molecule has 2 nitrogen and oxygen atoms in total. The van der Waals surface area contributed by atoms with Crippen molar-refractivity contribution >= 4 is 25.1 Å². The molecule has 2 radical (unpaired) electrons. The summed E-state index contributed by atoms with van der Waals surface area (Å²) in [7, 11) is 0. The summed E-state index contributed by atoms with van der Waals surface area (Å²) in [6.45, 7) is 4.55. The van der Waals surface area contributed by atoms with Crippen LogP contribution < -0.4 is 0 Å². The molecule has 0 aromatic carbocycles. The third-order valence-corrected chi connectivity index (χ3v) is 4.03. The molecule has 0 spiro atoms. The Morgan fingerprint density at radius 2 is 2.20 bits per heavy atom. The van der Waals surface area contributed by atoms with Crippen LogP contribution in [0.5, 0.6) is 0 Å². The summed E-state index contributed by atoms with van der Waals surface area (Å²) in [6.07, 6.45) is 2.39. The second-order valence-corrected chi connectivity index (χ2v) is 5.60. The van der Waals surface area contributed by atoms with Crippen LogP contribution in [0, 0.1) is 0 Å². The van der Waals surface area contributed by atoms with E-state index in [0.717, 1.165) is 4.44 Å². The van der Waals surface area contributed by atoms with Gasteiger partial charge in [0.15, 0.2) is 0 Å². The van der Waals surface area contributed by atoms with Gasteiger partial charge in [0, 0.05) is 0 Å². The van der Waals surface area contributed by atoms with E-state index in [1.165, 1.54) is 12.8 Å². The van der Waals surface area contributed by atoms with Crippen LogP contribution in [0.15, 0.2) is 0 Å². The molecule has 0 amide bonds. The standard InChI is InChI=1S/C4H9.C3H5O2.Sn/c1-3-4-2;1-2-5-3-4;/h1,3-4H2,2H3;2H2,1H3;. The predicted molar refractivity (Wildman–Crippen MR) is 42.5 cm³/mol. The molecule has 0 saturated carbocycles. The molecular formula is C7H14O2Sn. The van der Waals surface area contributed by atoms with Crippen molar-refractivity contribution in [2.24, 2.45) is 0 Å². The van der Waals surface area contributed by atoms with Gasteiger partial charge < -0.3 is 0 Å². The van der Waals surface area contributed by atoms with E-state index in [0.29, 0.717) is 6.61 Å². The number of carbonyl (C=O) groups is 1. The maximum atomic E-state index is 10.8. The van der Waals surface area contributed by atoms with E-state index in [2.05, 4.69) is 6.92 Å². The molecule has 0 aliphatic carbocycles. The summed E-state index contributed by atoms with van der Waals surface area (Å²) < 4.78 is 6.07. The summed E-state index contributed by atoms with van der Waals surface area (Å²) in [4.78, 5) is 10.8. The zero-order valence-electron chi connectivity index (χ0n) is 6.64. The molecular weight excluding hydrogens is 235 g/mol. The molecule has 0 bridgehead atoms. The van der Waals surface area contributed by atoms with Gasteiger partial charge in [0.1, 0.15) is 0 Å². The fraction of sp³-hybridized carbons (Fsp3) is 0.857. The van der Waals surface area contributed by atoms with Gasteiger partial charge in [-0.05, 0) is 0 Å². The van der Waals surface area contributed by atoms with Crippen LogP contribution in [0.4, 0.5) is 4.79 Å². The van der Waals surface area contributed by atoms with Gasteiger partial charge in [0.05, 0.1) is 0 Å². The molecule has 0 heterocycles. The fourth-order valence-corrected chi connectivity index (χ4v) is 3.35. The SMILES string of the molecule is CCC[CH2][Sn][C](=O)OCC. The number of carbonyl (C=O) groups excluding carboxylic acids is 1. The Balaban J connectivity index is 3.05. The van der Waals surface area contributed by atoms with Gasteiger partial charge in [-0.15, -0.1) is 0 Å².